The Morgan fingerprint density at radius 2 is 1.82 bits per heavy atom. The van der Waals surface area contributed by atoms with Crippen LogP contribution in [0.2, 0.25) is 0 Å². The van der Waals surface area contributed by atoms with Gasteiger partial charge in [0.1, 0.15) is 5.75 Å². The van der Waals surface area contributed by atoms with Gasteiger partial charge in [-0.2, -0.15) is 5.10 Å². The van der Waals surface area contributed by atoms with Crippen LogP contribution in [0.1, 0.15) is 32.9 Å². The Bertz CT molecular complexity index is 1070. The van der Waals surface area contributed by atoms with Crippen molar-refractivity contribution in [3.8, 4) is 5.75 Å². The Morgan fingerprint density at radius 1 is 1.07 bits per heavy atom. The van der Waals surface area contributed by atoms with E-state index in [4.69, 9.17) is 4.74 Å². The van der Waals surface area contributed by atoms with Gasteiger partial charge >= 0.3 is 0 Å². The van der Waals surface area contributed by atoms with Crippen LogP contribution in [0.25, 0.3) is 11.0 Å². The Hall–Kier alpha value is -3.42. The summed E-state index contributed by atoms with van der Waals surface area (Å²) in [5, 5.41) is 4.97. The van der Waals surface area contributed by atoms with Crippen molar-refractivity contribution in [3.63, 3.8) is 0 Å². The van der Waals surface area contributed by atoms with Crippen molar-refractivity contribution in [1.82, 2.24) is 25.6 Å². The first-order chi connectivity index (χ1) is 13.3. The van der Waals surface area contributed by atoms with Crippen LogP contribution in [-0.2, 0) is 11.8 Å². The summed E-state index contributed by atoms with van der Waals surface area (Å²) in [6.07, 6.45) is 0. The van der Waals surface area contributed by atoms with Crippen molar-refractivity contribution in [2.45, 2.75) is 27.7 Å². The second-order valence-corrected chi connectivity index (χ2v) is 6.76. The molecule has 0 atom stereocenters. The Balaban J connectivity index is 1.64. The first-order valence-electron chi connectivity index (χ1n) is 8.86. The van der Waals surface area contributed by atoms with Crippen LogP contribution in [0.5, 0.6) is 5.75 Å². The van der Waals surface area contributed by atoms with Gasteiger partial charge in [-0.1, -0.05) is 6.07 Å². The molecule has 146 valence electrons. The molecular weight excluding hydrogens is 358 g/mol. The van der Waals surface area contributed by atoms with Crippen LogP contribution in [-0.4, -0.2) is 33.2 Å². The molecule has 2 amide bonds. The molecule has 0 fully saturated rings. The van der Waals surface area contributed by atoms with Crippen LogP contribution in [0.3, 0.4) is 0 Å². The number of ether oxygens (including phenoxy) is 1. The van der Waals surface area contributed by atoms with Gasteiger partial charge in [0, 0.05) is 12.7 Å². The molecule has 2 heterocycles. The molecule has 2 N–H and O–H groups in total. The molecule has 0 radical (unpaired) electrons. The van der Waals surface area contributed by atoms with E-state index < -0.39 is 11.8 Å². The molecule has 3 aromatic rings. The quantitative estimate of drug-likeness (QED) is 0.674. The highest BCUT2D eigenvalue weighted by molar-refractivity contribution is 6.06. The number of amides is 2. The summed E-state index contributed by atoms with van der Waals surface area (Å²) in [6, 6.07) is 7.26. The summed E-state index contributed by atoms with van der Waals surface area (Å²) in [5.41, 5.74) is 9.43. The van der Waals surface area contributed by atoms with Crippen LogP contribution in [0.15, 0.2) is 24.3 Å². The third-order valence-corrected chi connectivity index (χ3v) is 4.51. The summed E-state index contributed by atoms with van der Waals surface area (Å²) in [6.45, 7) is 7.38. The summed E-state index contributed by atoms with van der Waals surface area (Å²) in [7, 11) is 1.77. The first-order valence-corrected chi connectivity index (χ1v) is 8.86. The third-order valence-electron chi connectivity index (χ3n) is 4.51. The lowest BCUT2D eigenvalue weighted by Gasteiger charge is -2.11. The van der Waals surface area contributed by atoms with Crippen LogP contribution in [0.4, 0.5) is 0 Å². The van der Waals surface area contributed by atoms with Gasteiger partial charge in [-0.05, 0) is 57.0 Å². The molecule has 8 heteroatoms. The largest absolute Gasteiger partial charge is 0.484 e. The fraction of sp³-hybridized carbons (Fsp3) is 0.300. The van der Waals surface area contributed by atoms with Crippen molar-refractivity contribution in [3.05, 3.63) is 52.3 Å². The predicted octanol–water partition coefficient (Wildman–Crippen LogP) is 2.04. The lowest BCUT2D eigenvalue weighted by molar-refractivity contribution is -0.123. The summed E-state index contributed by atoms with van der Waals surface area (Å²) < 4.78 is 7.10. The van der Waals surface area contributed by atoms with E-state index in [2.05, 4.69) is 20.9 Å². The molecule has 2 aromatic heterocycles. The lowest BCUT2D eigenvalue weighted by atomic mass is 10.1. The molecular formula is C20H23N5O3. The first kappa shape index (κ1) is 19.3. The van der Waals surface area contributed by atoms with Gasteiger partial charge in [-0.3, -0.25) is 25.1 Å². The minimum absolute atomic E-state index is 0.209. The molecule has 0 saturated carbocycles. The summed E-state index contributed by atoms with van der Waals surface area (Å²) in [5.74, 6) is -0.301. The van der Waals surface area contributed by atoms with Crippen molar-refractivity contribution < 1.29 is 14.3 Å². The van der Waals surface area contributed by atoms with Crippen molar-refractivity contribution in [1.29, 1.82) is 0 Å². The van der Waals surface area contributed by atoms with Gasteiger partial charge in [0.15, 0.2) is 12.3 Å². The molecule has 0 saturated heterocycles. The maximum absolute atomic E-state index is 12.6. The average Bonchev–Trinajstić information content (AvgIpc) is 2.93. The number of fused-ring (bicyclic) bond motifs is 1. The molecule has 28 heavy (non-hydrogen) atoms. The van der Waals surface area contributed by atoms with Gasteiger partial charge in [0.2, 0.25) is 0 Å². The fourth-order valence-electron chi connectivity index (χ4n) is 2.93. The zero-order valence-electron chi connectivity index (χ0n) is 16.6. The minimum atomic E-state index is -0.462. The number of nitrogens with one attached hydrogen (secondary N) is 2. The Morgan fingerprint density at radius 3 is 2.54 bits per heavy atom. The van der Waals surface area contributed by atoms with Gasteiger partial charge in [-0.15, -0.1) is 0 Å². The van der Waals surface area contributed by atoms with E-state index in [1.807, 2.05) is 32.9 Å². The number of aromatic nitrogens is 3. The molecule has 0 spiro atoms. The number of carbonyl (C=O) groups is 2. The second-order valence-electron chi connectivity index (χ2n) is 6.76. The van der Waals surface area contributed by atoms with E-state index >= 15 is 0 Å². The second kappa shape index (κ2) is 7.67. The molecule has 0 bridgehead atoms. The minimum Gasteiger partial charge on any atom is -0.484 e. The van der Waals surface area contributed by atoms with Crippen LogP contribution >= 0.6 is 0 Å². The van der Waals surface area contributed by atoms with E-state index in [1.165, 1.54) is 0 Å². The number of nitrogens with zero attached hydrogens (tertiary/aromatic N) is 3. The molecule has 0 aliphatic carbocycles. The van der Waals surface area contributed by atoms with Crippen LogP contribution < -0.4 is 15.6 Å². The molecule has 0 unspecified atom stereocenters. The number of pyridine rings is 1. The normalized spacial score (nSPS) is 10.8. The SMILES string of the molecule is Cc1cc(C(=O)NNC(=O)COc2ccc(C)c(C)c2)c2c(C)nn(C)c2n1. The fourth-order valence-corrected chi connectivity index (χ4v) is 2.93. The Kier molecular flexibility index (Phi) is 5.30. The van der Waals surface area contributed by atoms with E-state index in [1.54, 1.807) is 30.8 Å². The molecule has 3 rings (SSSR count). The zero-order valence-corrected chi connectivity index (χ0v) is 16.6. The Labute approximate surface area is 162 Å². The van der Waals surface area contributed by atoms with Crippen LogP contribution in [0, 0.1) is 27.7 Å². The zero-order chi connectivity index (χ0) is 20.4. The number of aryl methyl sites for hydroxylation is 5. The van der Waals surface area contributed by atoms with Gasteiger partial charge in [0.25, 0.3) is 11.8 Å². The number of hydrogen-bond donors (Lipinski definition) is 2. The molecule has 0 aliphatic rings. The standard InChI is InChI=1S/C20H23N5O3/c1-11-6-7-15(8-12(11)2)28-10-17(26)22-23-20(27)16-9-13(3)21-19-18(16)14(4)24-25(19)5/h6-9H,10H2,1-5H3,(H,22,26)(H,23,27). The lowest BCUT2D eigenvalue weighted by Crippen LogP contribution is -2.44. The van der Waals surface area contributed by atoms with E-state index in [9.17, 15) is 9.59 Å². The van der Waals surface area contributed by atoms with Crippen molar-refractivity contribution in [2.75, 3.05) is 6.61 Å². The van der Waals surface area contributed by atoms with Crippen molar-refractivity contribution >= 4 is 22.8 Å². The van der Waals surface area contributed by atoms with Gasteiger partial charge in [0.05, 0.1) is 16.6 Å². The van der Waals surface area contributed by atoms with Crippen molar-refractivity contribution in [2.24, 2.45) is 7.05 Å². The highest BCUT2D eigenvalue weighted by Crippen LogP contribution is 2.21. The predicted molar refractivity (Wildman–Crippen MR) is 105 cm³/mol. The van der Waals surface area contributed by atoms with Gasteiger partial charge < -0.3 is 4.74 Å². The summed E-state index contributed by atoms with van der Waals surface area (Å²) in [4.78, 5) is 29.1. The highest BCUT2D eigenvalue weighted by Gasteiger charge is 2.18. The molecule has 1 aromatic carbocycles. The average molecular weight is 381 g/mol. The maximum Gasteiger partial charge on any atom is 0.276 e. The number of benzene rings is 1. The summed E-state index contributed by atoms with van der Waals surface area (Å²) >= 11 is 0. The third kappa shape index (κ3) is 3.95. The number of hydrogen-bond acceptors (Lipinski definition) is 5. The molecule has 0 aliphatic heterocycles. The number of rotatable bonds is 4. The highest BCUT2D eigenvalue weighted by atomic mass is 16.5. The number of carbonyl (C=O) groups excluding carboxylic acids is 2. The van der Waals surface area contributed by atoms with E-state index in [0.29, 0.717) is 33.7 Å². The topological polar surface area (TPSA) is 98.1 Å². The monoisotopic (exact) mass is 381 g/mol. The molecule has 8 nitrogen and oxygen atoms in total. The van der Waals surface area contributed by atoms with Gasteiger partial charge in [-0.25, -0.2) is 4.98 Å². The number of hydrazine groups is 1. The van der Waals surface area contributed by atoms with E-state index in [-0.39, 0.29) is 6.61 Å². The van der Waals surface area contributed by atoms with E-state index in [0.717, 1.165) is 11.1 Å². The maximum atomic E-state index is 12.6. The smallest absolute Gasteiger partial charge is 0.276 e.